The molecule has 0 unspecified atom stereocenters. The number of ether oxygens (including phenoxy) is 2. The molecule has 1 aliphatic heterocycles. The highest BCUT2D eigenvalue weighted by atomic mass is 16.6. The van der Waals surface area contributed by atoms with Gasteiger partial charge in [0.05, 0.1) is 13.2 Å². The van der Waals surface area contributed by atoms with Crippen LogP contribution in [0.5, 0.6) is 0 Å². The molecule has 1 saturated heterocycles. The van der Waals surface area contributed by atoms with Gasteiger partial charge in [-0.15, -0.1) is 0 Å². The molecule has 0 amide bonds. The van der Waals surface area contributed by atoms with Gasteiger partial charge in [0.25, 0.3) is 0 Å². The molecule has 0 saturated carbocycles. The first-order valence-corrected chi connectivity index (χ1v) is 9.55. The van der Waals surface area contributed by atoms with E-state index >= 15 is 0 Å². The molecule has 0 bridgehead atoms. The summed E-state index contributed by atoms with van der Waals surface area (Å²) in [6.45, 7) is 2.52. The first-order valence-electron chi connectivity index (χ1n) is 9.55. The van der Waals surface area contributed by atoms with Gasteiger partial charge in [-0.25, -0.2) is 0 Å². The van der Waals surface area contributed by atoms with Crippen LogP contribution in [0.15, 0.2) is 12.2 Å². The van der Waals surface area contributed by atoms with E-state index in [-0.39, 0.29) is 13.2 Å². The topological polar surface area (TPSA) is 79.2 Å². The van der Waals surface area contributed by atoms with Crippen molar-refractivity contribution in [3.63, 3.8) is 0 Å². The van der Waals surface area contributed by atoms with Gasteiger partial charge in [-0.05, 0) is 25.7 Å². The summed E-state index contributed by atoms with van der Waals surface area (Å²) in [7, 11) is 0. The first-order chi connectivity index (χ1) is 11.7. The van der Waals surface area contributed by atoms with Crippen molar-refractivity contribution in [3.05, 3.63) is 12.2 Å². The van der Waals surface area contributed by atoms with Gasteiger partial charge in [-0.1, -0.05) is 51.2 Å². The molecule has 0 aliphatic carbocycles. The Hall–Kier alpha value is -0.460. The molecular weight excluding hydrogens is 308 g/mol. The van der Waals surface area contributed by atoms with Crippen molar-refractivity contribution in [1.29, 1.82) is 0 Å². The zero-order valence-corrected chi connectivity index (χ0v) is 15.1. The van der Waals surface area contributed by atoms with Crippen molar-refractivity contribution in [2.75, 3.05) is 19.8 Å². The Kier molecular flexibility index (Phi) is 12.4. The fourth-order valence-corrected chi connectivity index (χ4v) is 2.95. The van der Waals surface area contributed by atoms with Gasteiger partial charge < -0.3 is 24.8 Å². The maximum atomic E-state index is 9.83. The molecule has 0 radical (unpaired) electrons. The molecule has 0 aromatic carbocycles. The third-order valence-electron chi connectivity index (χ3n) is 4.43. The molecule has 0 aromatic rings. The summed E-state index contributed by atoms with van der Waals surface area (Å²) >= 11 is 0. The van der Waals surface area contributed by atoms with Crippen LogP contribution < -0.4 is 0 Å². The maximum absolute atomic E-state index is 9.83. The van der Waals surface area contributed by atoms with Gasteiger partial charge in [0.1, 0.15) is 24.4 Å². The zero-order valence-electron chi connectivity index (χ0n) is 15.1. The lowest BCUT2D eigenvalue weighted by atomic mass is 10.1. The highest BCUT2D eigenvalue weighted by Gasteiger charge is 2.40. The van der Waals surface area contributed by atoms with Crippen LogP contribution in [0.2, 0.25) is 0 Å². The fourth-order valence-electron chi connectivity index (χ4n) is 2.95. The second-order valence-corrected chi connectivity index (χ2v) is 6.62. The maximum Gasteiger partial charge on any atom is 0.114 e. The van der Waals surface area contributed by atoms with E-state index < -0.39 is 24.4 Å². The monoisotopic (exact) mass is 344 g/mol. The molecule has 0 aromatic heterocycles. The second kappa shape index (κ2) is 13.8. The number of aliphatic hydroxyl groups is 3. The summed E-state index contributed by atoms with van der Waals surface area (Å²) in [5.41, 5.74) is 0. The summed E-state index contributed by atoms with van der Waals surface area (Å²) in [6, 6.07) is 0. The molecule has 0 spiro atoms. The lowest BCUT2D eigenvalue weighted by Crippen LogP contribution is -2.42. The fraction of sp³-hybridized carbons (Fsp3) is 0.895. The minimum absolute atomic E-state index is 0.152. The number of unbranched alkanes of at least 4 members (excludes halogenated alkanes) is 7. The second-order valence-electron chi connectivity index (χ2n) is 6.62. The van der Waals surface area contributed by atoms with Gasteiger partial charge in [0, 0.05) is 6.61 Å². The van der Waals surface area contributed by atoms with Crippen LogP contribution in [0, 0.1) is 0 Å². The normalized spacial score (nSPS) is 25.6. The quantitative estimate of drug-likeness (QED) is 0.333. The number of hydrogen-bond acceptors (Lipinski definition) is 5. The van der Waals surface area contributed by atoms with Crippen LogP contribution in [0.25, 0.3) is 0 Å². The third kappa shape index (κ3) is 8.58. The van der Waals surface area contributed by atoms with E-state index in [1.54, 1.807) is 0 Å². The number of allylic oxidation sites excluding steroid dienone is 2. The molecule has 5 heteroatoms. The third-order valence-corrected chi connectivity index (χ3v) is 4.43. The van der Waals surface area contributed by atoms with Crippen LogP contribution in [-0.4, -0.2) is 59.6 Å². The molecule has 1 aliphatic rings. The van der Waals surface area contributed by atoms with Crippen molar-refractivity contribution in [3.8, 4) is 0 Å². The van der Waals surface area contributed by atoms with Crippen LogP contribution >= 0.6 is 0 Å². The summed E-state index contributed by atoms with van der Waals surface area (Å²) in [5, 5.41) is 28.5. The molecule has 142 valence electrons. The van der Waals surface area contributed by atoms with Crippen molar-refractivity contribution < 1.29 is 24.8 Å². The van der Waals surface area contributed by atoms with E-state index in [0.717, 1.165) is 12.8 Å². The van der Waals surface area contributed by atoms with E-state index in [2.05, 4.69) is 19.1 Å². The van der Waals surface area contributed by atoms with E-state index in [1.807, 2.05) is 0 Å². The molecule has 1 fully saturated rings. The highest BCUT2D eigenvalue weighted by Crippen LogP contribution is 2.21. The molecule has 1 rings (SSSR count). The SMILES string of the molecule is CCC/C=C/CCCCCCCCO[C@@H]1[C@H]([C@H](O)CO)OC[C@@H]1O. The number of aliphatic hydroxyl groups excluding tert-OH is 3. The Balaban J connectivity index is 1.98. The largest absolute Gasteiger partial charge is 0.394 e. The van der Waals surface area contributed by atoms with Crippen molar-refractivity contribution in [1.82, 2.24) is 0 Å². The smallest absolute Gasteiger partial charge is 0.114 e. The van der Waals surface area contributed by atoms with Crippen molar-refractivity contribution in [2.45, 2.75) is 89.1 Å². The zero-order chi connectivity index (χ0) is 17.6. The summed E-state index contributed by atoms with van der Waals surface area (Å²) < 4.78 is 11.0. The molecule has 1 heterocycles. The minimum Gasteiger partial charge on any atom is -0.394 e. The van der Waals surface area contributed by atoms with Crippen molar-refractivity contribution >= 4 is 0 Å². The van der Waals surface area contributed by atoms with Crippen molar-refractivity contribution in [2.24, 2.45) is 0 Å². The predicted molar refractivity (Wildman–Crippen MR) is 94.9 cm³/mol. The Morgan fingerprint density at radius 2 is 1.75 bits per heavy atom. The Morgan fingerprint density at radius 3 is 2.46 bits per heavy atom. The molecule has 5 nitrogen and oxygen atoms in total. The Bertz CT molecular complexity index is 321. The lowest BCUT2D eigenvalue weighted by molar-refractivity contribution is -0.0938. The first kappa shape index (κ1) is 21.6. The average Bonchev–Trinajstić information content (AvgIpc) is 2.96. The summed E-state index contributed by atoms with van der Waals surface area (Å²) in [6.07, 6.45) is 12.3. The van der Waals surface area contributed by atoms with E-state index in [1.165, 1.54) is 44.9 Å². The van der Waals surface area contributed by atoms with Gasteiger partial charge in [0.15, 0.2) is 0 Å². The van der Waals surface area contributed by atoms with Gasteiger partial charge in [-0.2, -0.15) is 0 Å². The molecule has 4 atom stereocenters. The highest BCUT2D eigenvalue weighted by molar-refractivity contribution is 4.89. The van der Waals surface area contributed by atoms with E-state index in [0.29, 0.717) is 6.61 Å². The van der Waals surface area contributed by atoms with Crippen LogP contribution in [0.4, 0.5) is 0 Å². The van der Waals surface area contributed by atoms with Gasteiger partial charge >= 0.3 is 0 Å². The average molecular weight is 344 g/mol. The van der Waals surface area contributed by atoms with Crippen LogP contribution in [0.3, 0.4) is 0 Å². The molecular formula is C19H36O5. The Morgan fingerprint density at radius 1 is 1.08 bits per heavy atom. The summed E-state index contributed by atoms with van der Waals surface area (Å²) in [4.78, 5) is 0. The predicted octanol–water partition coefficient (Wildman–Crippen LogP) is 2.57. The molecule has 24 heavy (non-hydrogen) atoms. The van der Waals surface area contributed by atoms with E-state index in [9.17, 15) is 10.2 Å². The van der Waals surface area contributed by atoms with E-state index in [4.69, 9.17) is 14.6 Å². The number of hydrogen-bond donors (Lipinski definition) is 3. The Labute approximate surface area is 146 Å². The standard InChI is InChI=1S/C19H36O5/c1-2-3-4-5-6-7-8-9-10-11-12-13-23-19-17(22)15-24-18(19)16(21)14-20/h4-5,16-22H,2-3,6-15H2,1H3/b5-4+/t16-,17+,18+,19+/m1/s1. The lowest BCUT2D eigenvalue weighted by Gasteiger charge is -2.23. The van der Waals surface area contributed by atoms with Gasteiger partial charge in [0.2, 0.25) is 0 Å². The van der Waals surface area contributed by atoms with Gasteiger partial charge in [-0.3, -0.25) is 0 Å². The summed E-state index contributed by atoms with van der Waals surface area (Å²) in [5.74, 6) is 0. The van der Waals surface area contributed by atoms with Crippen LogP contribution in [-0.2, 0) is 9.47 Å². The van der Waals surface area contributed by atoms with Crippen LogP contribution in [0.1, 0.15) is 64.7 Å². The minimum atomic E-state index is -1.00. The molecule has 3 N–H and O–H groups in total. The number of rotatable bonds is 14.